The fourth-order valence-electron chi connectivity index (χ4n) is 2.48. The third-order valence-electron chi connectivity index (χ3n) is 3.75. The molecule has 6 nitrogen and oxygen atoms in total. The van der Waals surface area contributed by atoms with Gasteiger partial charge in [0.1, 0.15) is 5.75 Å². The fraction of sp³-hybridized carbons (Fsp3) is 0.0476. The van der Waals surface area contributed by atoms with Gasteiger partial charge in [0.05, 0.1) is 0 Å². The summed E-state index contributed by atoms with van der Waals surface area (Å²) in [7, 11) is 0. The van der Waals surface area contributed by atoms with Gasteiger partial charge in [-0.1, -0.05) is 24.3 Å². The topological polar surface area (TPSA) is 79.5 Å². The molecule has 0 aliphatic heterocycles. The highest BCUT2D eigenvalue weighted by Gasteiger charge is 2.09. The lowest BCUT2D eigenvalue weighted by molar-refractivity contribution is -0.0498. The predicted octanol–water partition coefficient (Wildman–Crippen LogP) is 5.18. The average molecular weight is 397 g/mol. The summed E-state index contributed by atoms with van der Waals surface area (Å²) >= 11 is 0. The van der Waals surface area contributed by atoms with Crippen LogP contribution >= 0.6 is 0 Å². The summed E-state index contributed by atoms with van der Waals surface area (Å²) in [4.78, 5) is 24.4. The van der Waals surface area contributed by atoms with Crippen LogP contribution in [0.15, 0.2) is 78.9 Å². The zero-order valence-corrected chi connectivity index (χ0v) is 15.1. The Bertz CT molecular complexity index is 980. The van der Waals surface area contributed by atoms with Gasteiger partial charge in [-0.25, -0.2) is 4.79 Å². The molecule has 0 saturated carbocycles. The maximum absolute atomic E-state index is 12.3. The van der Waals surface area contributed by atoms with Crippen molar-refractivity contribution in [2.45, 2.75) is 6.61 Å². The number of anilines is 3. The molecule has 3 aromatic rings. The Hall–Kier alpha value is -3.94. The van der Waals surface area contributed by atoms with Gasteiger partial charge in [0.25, 0.3) is 5.91 Å². The molecule has 0 aliphatic carbocycles. The molecule has 29 heavy (non-hydrogen) atoms. The predicted molar refractivity (Wildman–Crippen MR) is 107 cm³/mol. The zero-order chi connectivity index (χ0) is 20.6. The van der Waals surface area contributed by atoms with E-state index in [1.165, 1.54) is 24.3 Å². The van der Waals surface area contributed by atoms with Gasteiger partial charge in [-0.3, -0.25) is 4.79 Å². The number of ether oxygens (including phenoxy) is 1. The van der Waals surface area contributed by atoms with Gasteiger partial charge in [-0.2, -0.15) is 8.78 Å². The molecule has 0 saturated heterocycles. The molecular weight excluding hydrogens is 380 g/mol. The van der Waals surface area contributed by atoms with E-state index < -0.39 is 18.5 Å². The molecule has 0 spiro atoms. The summed E-state index contributed by atoms with van der Waals surface area (Å²) < 4.78 is 28.6. The molecule has 0 radical (unpaired) electrons. The number of alkyl halides is 2. The van der Waals surface area contributed by atoms with Crippen LogP contribution in [0.25, 0.3) is 0 Å². The molecule has 3 aromatic carbocycles. The summed E-state index contributed by atoms with van der Waals surface area (Å²) in [5, 5.41) is 8.06. The lowest BCUT2D eigenvalue weighted by atomic mass is 10.2. The number of rotatable bonds is 6. The molecule has 0 aliphatic rings. The summed E-state index contributed by atoms with van der Waals surface area (Å²) in [6, 6.07) is 20.5. The first-order valence-electron chi connectivity index (χ1n) is 8.59. The van der Waals surface area contributed by atoms with Gasteiger partial charge in [-0.05, 0) is 54.6 Å². The molecule has 3 amide bonds. The number of amides is 3. The molecule has 0 fully saturated rings. The van der Waals surface area contributed by atoms with E-state index in [1.54, 1.807) is 48.5 Å². The molecule has 0 unspecified atom stereocenters. The van der Waals surface area contributed by atoms with Gasteiger partial charge in [0.2, 0.25) is 0 Å². The van der Waals surface area contributed by atoms with E-state index in [4.69, 9.17) is 0 Å². The number of hydrogen-bond donors (Lipinski definition) is 3. The number of benzene rings is 3. The first kappa shape index (κ1) is 19.8. The third kappa shape index (κ3) is 6.03. The number of carbonyl (C=O) groups is 2. The maximum atomic E-state index is 12.3. The summed E-state index contributed by atoms with van der Waals surface area (Å²) in [6.07, 6.45) is 0. The Kier molecular flexibility index (Phi) is 6.36. The molecule has 0 aromatic heterocycles. The minimum atomic E-state index is -2.93. The van der Waals surface area contributed by atoms with Gasteiger partial charge < -0.3 is 20.7 Å². The number of nitrogens with one attached hydrogen (secondary N) is 3. The molecule has 8 heteroatoms. The number of urea groups is 1. The van der Waals surface area contributed by atoms with Crippen molar-refractivity contribution in [2.75, 3.05) is 16.0 Å². The maximum Gasteiger partial charge on any atom is 0.387 e. The van der Waals surface area contributed by atoms with Crippen LogP contribution in [0.4, 0.5) is 30.6 Å². The van der Waals surface area contributed by atoms with E-state index in [-0.39, 0.29) is 11.3 Å². The van der Waals surface area contributed by atoms with Crippen molar-refractivity contribution in [1.29, 1.82) is 0 Å². The molecule has 0 heterocycles. The second-order valence-corrected chi connectivity index (χ2v) is 5.88. The van der Waals surface area contributed by atoms with Gasteiger partial charge in [0.15, 0.2) is 0 Å². The third-order valence-corrected chi connectivity index (χ3v) is 3.75. The monoisotopic (exact) mass is 397 g/mol. The van der Waals surface area contributed by atoms with Crippen LogP contribution in [0, 0.1) is 0 Å². The SMILES string of the molecule is O=C(Nc1ccccc1)Nc1cccc(NC(=O)c2ccc(OC(F)F)cc2)c1. The first-order valence-corrected chi connectivity index (χ1v) is 8.59. The Morgan fingerprint density at radius 1 is 0.724 bits per heavy atom. The highest BCUT2D eigenvalue weighted by atomic mass is 19.3. The van der Waals surface area contributed by atoms with Crippen molar-refractivity contribution < 1.29 is 23.1 Å². The second kappa shape index (κ2) is 9.32. The van der Waals surface area contributed by atoms with Crippen LogP contribution in [0.1, 0.15) is 10.4 Å². The summed E-state index contributed by atoms with van der Waals surface area (Å²) in [6.45, 7) is -2.93. The Morgan fingerprint density at radius 3 is 1.97 bits per heavy atom. The average Bonchev–Trinajstić information content (AvgIpc) is 2.69. The first-order chi connectivity index (χ1) is 14.0. The van der Waals surface area contributed by atoms with E-state index in [1.807, 2.05) is 6.07 Å². The molecule has 148 valence electrons. The van der Waals surface area contributed by atoms with Crippen LogP contribution in [0.2, 0.25) is 0 Å². The smallest absolute Gasteiger partial charge is 0.387 e. The zero-order valence-electron chi connectivity index (χ0n) is 15.1. The lowest BCUT2D eigenvalue weighted by Crippen LogP contribution is -2.19. The molecule has 3 rings (SSSR count). The normalized spacial score (nSPS) is 10.3. The minimum absolute atomic E-state index is 0.0350. The van der Waals surface area contributed by atoms with E-state index in [0.29, 0.717) is 17.1 Å². The molecule has 0 atom stereocenters. The fourth-order valence-corrected chi connectivity index (χ4v) is 2.48. The molecule has 3 N–H and O–H groups in total. The highest BCUT2D eigenvalue weighted by Crippen LogP contribution is 2.19. The van der Waals surface area contributed by atoms with E-state index in [2.05, 4.69) is 20.7 Å². The lowest BCUT2D eigenvalue weighted by Gasteiger charge is -2.10. The van der Waals surface area contributed by atoms with Crippen LogP contribution in [0.3, 0.4) is 0 Å². The number of para-hydroxylation sites is 1. The van der Waals surface area contributed by atoms with E-state index in [0.717, 1.165) is 0 Å². The van der Waals surface area contributed by atoms with Crippen molar-refractivity contribution >= 4 is 29.0 Å². The summed E-state index contributed by atoms with van der Waals surface area (Å²) in [5.41, 5.74) is 1.86. The number of carbonyl (C=O) groups excluding carboxylic acids is 2. The molecule has 0 bridgehead atoms. The minimum Gasteiger partial charge on any atom is -0.435 e. The van der Waals surface area contributed by atoms with Gasteiger partial charge >= 0.3 is 12.6 Å². The van der Waals surface area contributed by atoms with E-state index >= 15 is 0 Å². The second-order valence-electron chi connectivity index (χ2n) is 5.88. The van der Waals surface area contributed by atoms with Gasteiger partial charge in [0, 0.05) is 22.6 Å². The van der Waals surface area contributed by atoms with Crippen LogP contribution < -0.4 is 20.7 Å². The number of halogens is 2. The van der Waals surface area contributed by atoms with Crippen molar-refractivity contribution in [2.24, 2.45) is 0 Å². The van der Waals surface area contributed by atoms with Crippen molar-refractivity contribution in [3.63, 3.8) is 0 Å². The Morgan fingerprint density at radius 2 is 1.31 bits per heavy atom. The Balaban J connectivity index is 1.60. The van der Waals surface area contributed by atoms with Crippen LogP contribution in [-0.4, -0.2) is 18.5 Å². The number of hydrogen-bond acceptors (Lipinski definition) is 3. The van der Waals surface area contributed by atoms with Crippen molar-refractivity contribution in [1.82, 2.24) is 0 Å². The Labute approximate surface area is 165 Å². The standard InChI is InChI=1S/C21H17F2N3O3/c22-20(23)29-18-11-9-14(10-12-18)19(27)24-16-7-4-8-17(13-16)26-21(28)25-15-5-2-1-3-6-15/h1-13,20H,(H,24,27)(H2,25,26,28). The van der Waals surface area contributed by atoms with Gasteiger partial charge in [-0.15, -0.1) is 0 Å². The summed E-state index contributed by atoms with van der Waals surface area (Å²) in [5.74, 6) is -0.466. The molecular formula is C21H17F2N3O3. The quantitative estimate of drug-likeness (QED) is 0.536. The van der Waals surface area contributed by atoms with Crippen molar-refractivity contribution in [3.05, 3.63) is 84.4 Å². The highest BCUT2D eigenvalue weighted by molar-refractivity contribution is 6.05. The largest absolute Gasteiger partial charge is 0.435 e. The van der Waals surface area contributed by atoms with Crippen molar-refractivity contribution in [3.8, 4) is 5.75 Å². The van der Waals surface area contributed by atoms with E-state index in [9.17, 15) is 18.4 Å². The van der Waals surface area contributed by atoms with Crippen LogP contribution in [0.5, 0.6) is 5.75 Å². The van der Waals surface area contributed by atoms with Crippen LogP contribution in [-0.2, 0) is 0 Å².